The normalized spacial score (nSPS) is 20.5. The molecule has 2 aromatic carbocycles. The third-order valence-electron chi connectivity index (χ3n) is 3.93. The van der Waals surface area contributed by atoms with Crippen LogP contribution in [0.5, 0.6) is 11.5 Å². The first-order valence-electron chi connectivity index (χ1n) is 7.02. The van der Waals surface area contributed by atoms with Crippen molar-refractivity contribution in [3.05, 3.63) is 54.1 Å². The molecule has 2 N–H and O–H groups in total. The summed E-state index contributed by atoms with van der Waals surface area (Å²) in [7, 11) is 3.22. The van der Waals surface area contributed by atoms with Crippen molar-refractivity contribution in [3.8, 4) is 11.5 Å². The number of ether oxygens (including phenoxy) is 2. The summed E-state index contributed by atoms with van der Waals surface area (Å²) in [6, 6.07) is 14.3. The van der Waals surface area contributed by atoms with E-state index in [1.807, 2.05) is 48.5 Å². The topological polar surface area (TPSA) is 64.8 Å². The van der Waals surface area contributed by atoms with Gasteiger partial charge in [-0.2, -0.15) is 0 Å². The average molecular weight is 298 g/mol. The standard InChI is InChI=1S/C17H18N2O3/c1-21-13-8-6-11(7-9-13)16-15(18)17(20)19(16)12-4-3-5-14(10-12)22-2/h3-10,15-16H,18H2,1-2H3/t15-,16+/m0/s1. The van der Waals surface area contributed by atoms with E-state index in [1.54, 1.807) is 19.1 Å². The molecule has 22 heavy (non-hydrogen) atoms. The van der Waals surface area contributed by atoms with Crippen LogP contribution >= 0.6 is 0 Å². The summed E-state index contributed by atoms with van der Waals surface area (Å²) in [6.45, 7) is 0. The van der Waals surface area contributed by atoms with Crippen LogP contribution in [0.15, 0.2) is 48.5 Å². The molecule has 1 fully saturated rings. The van der Waals surface area contributed by atoms with Crippen LogP contribution in [0.1, 0.15) is 11.6 Å². The number of carbonyl (C=O) groups excluding carboxylic acids is 1. The van der Waals surface area contributed by atoms with Crippen molar-refractivity contribution in [2.24, 2.45) is 5.73 Å². The first kappa shape index (κ1) is 14.4. The monoisotopic (exact) mass is 298 g/mol. The molecule has 1 aliphatic rings. The number of amides is 1. The molecule has 1 aliphatic heterocycles. The van der Waals surface area contributed by atoms with E-state index in [9.17, 15) is 4.79 Å². The highest BCUT2D eigenvalue weighted by Gasteiger charge is 2.46. The van der Waals surface area contributed by atoms with E-state index in [0.29, 0.717) is 5.75 Å². The molecule has 1 saturated heterocycles. The van der Waals surface area contributed by atoms with E-state index < -0.39 is 6.04 Å². The van der Waals surface area contributed by atoms with Crippen LogP contribution in [0, 0.1) is 0 Å². The van der Waals surface area contributed by atoms with E-state index in [-0.39, 0.29) is 11.9 Å². The molecule has 1 amide bonds. The second kappa shape index (κ2) is 5.69. The number of β-lactam (4-membered cyclic amide) rings is 1. The molecule has 0 radical (unpaired) electrons. The fourth-order valence-corrected chi connectivity index (χ4v) is 2.72. The van der Waals surface area contributed by atoms with Crippen LogP contribution in [-0.2, 0) is 4.79 Å². The van der Waals surface area contributed by atoms with Crippen molar-refractivity contribution in [1.82, 2.24) is 0 Å². The summed E-state index contributed by atoms with van der Waals surface area (Å²) in [5.41, 5.74) is 7.78. The van der Waals surface area contributed by atoms with Gasteiger partial charge in [0, 0.05) is 11.8 Å². The van der Waals surface area contributed by atoms with Crippen molar-refractivity contribution in [2.75, 3.05) is 19.1 Å². The Morgan fingerprint density at radius 2 is 1.68 bits per heavy atom. The zero-order valence-corrected chi connectivity index (χ0v) is 12.5. The summed E-state index contributed by atoms with van der Waals surface area (Å²) in [5.74, 6) is 1.39. The van der Waals surface area contributed by atoms with Gasteiger partial charge in [-0.15, -0.1) is 0 Å². The zero-order valence-electron chi connectivity index (χ0n) is 12.5. The SMILES string of the molecule is COc1ccc([C@@H]2[C@H](N)C(=O)N2c2cccc(OC)c2)cc1. The fraction of sp³-hybridized carbons (Fsp3) is 0.235. The summed E-state index contributed by atoms with van der Waals surface area (Å²) >= 11 is 0. The van der Waals surface area contributed by atoms with Gasteiger partial charge in [0.25, 0.3) is 0 Å². The highest BCUT2D eigenvalue weighted by atomic mass is 16.5. The second-order valence-corrected chi connectivity index (χ2v) is 5.15. The van der Waals surface area contributed by atoms with E-state index in [2.05, 4.69) is 0 Å². The van der Waals surface area contributed by atoms with E-state index in [1.165, 1.54) is 0 Å². The van der Waals surface area contributed by atoms with Gasteiger partial charge in [-0.3, -0.25) is 4.79 Å². The smallest absolute Gasteiger partial charge is 0.247 e. The molecule has 2 atom stereocenters. The van der Waals surface area contributed by atoms with Crippen molar-refractivity contribution >= 4 is 11.6 Å². The number of rotatable bonds is 4. The lowest BCUT2D eigenvalue weighted by Crippen LogP contribution is -2.63. The molecule has 0 saturated carbocycles. The minimum atomic E-state index is -0.528. The highest BCUT2D eigenvalue weighted by molar-refractivity contribution is 6.05. The van der Waals surface area contributed by atoms with E-state index in [0.717, 1.165) is 17.0 Å². The number of carbonyl (C=O) groups is 1. The molecule has 5 nitrogen and oxygen atoms in total. The number of benzene rings is 2. The van der Waals surface area contributed by atoms with Gasteiger partial charge in [0.1, 0.15) is 17.5 Å². The Labute approximate surface area is 129 Å². The van der Waals surface area contributed by atoms with Gasteiger partial charge < -0.3 is 20.1 Å². The minimum absolute atomic E-state index is 0.0888. The Morgan fingerprint density at radius 3 is 2.32 bits per heavy atom. The molecule has 0 unspecified atom stereocenters. The maximum absolute atomic E-state index is 12.2. The number of hydrogen-bond acceptors (Lipinski definition) is 4. The lowest BCUT2D eigenvalue weighted by atomic mass is 9.88. The third kappa shape index (κ3) is 2.29. The third-order valence-corrected chi connectivity index (χ3v) is 3.93. The van der Waals surface area contributed by atoms with Gasteiger partial charge in [-0.25, -0.2) is 0 Å². The van der Waals surface area contributed by atoms with Crippen molar-refractivity contribution in [2.45, 2.75) is 12.1 Å². The molecule has 0 bridgehead atoms. The number of anilines is 1. The quantitative estimate of drug-likeness (QED) is 0.878. The van der Waals surface area contributed by atoms with Gasteiger partial charge in [-0.05, 0) is 29.8 Å². The van der Waals surface area contributed by atoms with Crippen molar-refractivity contribution in [1.29, 1.82) is 0 Å². The van der Waals surface area contributed by atoms with Gasteiger partial charge in [0.05, 0.1) is 20.3 Å². The highest BCUT2D eigenvalue weighted by Crippen LogP contribution is 2.39. The molecular weight excluding hydrogens is 280 g/mol. The largest absolute Gasteiger partial charge is 0.497 e. The van der Waals surface area contributed by atoms with E-state index >= 15 is 0 Å². The molecule has 0 spiro atoms. The van der Waals surface area contributed by atoms with Crippen LogP contribution < -0.4 is 20.1 Å². The molecule has 3 rings (SSSR count). The Bertz CT molecular complexity index is 685. The zero-order chi connectivity index (χ0) is 15.7. The maximum Gasteiger partial charge on any atom is 0.247 e. The van der Waals surface area contributed by atoms with Crippen molar-refractivity contribution in [3.63, 3.8) is 0 Å². The molecule has 114 valence electrons. The summed E-state index contributed by atoms with van der Waals surface area (Å²) in [6.07, 6.45) is 0. The van der Waals surface area contributed by atoms with Gasteiger partial charge in [0.15, 0.2) is 0 Å². The van der Waals surface area contributed by atoms with Gasteiger partial charge >= 0.3 is 0 Å². The number of nitrogens with two attached hydrogens (primary N) is 1. The molecular formula is C17H18N2O3. The van der Waals surface area contributed by atoms with Crippen LogP contribution in [0.25, 0.3) is 0 Å². The Balaban J connectivity index is 1.93. The van der Waals surface area contributed by atoms with Crippen LogP contribution in [0.3, 0.4) is 0 Å². The van der Waals surface area contributed by atoms with Gasteiger partial charge in [0.2, 0.25) is 5.91 Å². The number of hydrogen-bond donors (Lipinski definition) is 1. The minimum Gasteiger partial charge on any atom is -0.497 e. The molecule has 2 aromatic rings. The van der Waals surface area contributed by atoms with Crippen LogP contribution in [-0.4, -0.2) is 26.2 Å². The van der Waals surface area contributed by atoms with Gasteiger partial charge in [-0.1, -0.05) is 18.2 Å². The lowest BCUT2D eigenvalue weighted by Gasteiger charge is -2.45. The lowest BCUT2D eigenvalue weighted by molar-refractivity contribution is -0.126. The number of methoxy groups -OCH3 is 2. The maximum atomic E-state index is 12.2. The predicted octanol–water partition coefficient (Wildman–Crippen LogP) is 2.12. The Morgan fingerprint density at radius 1 is 1.00 bits per heavy atom. The Kier molecular flexibility index (Phi) is 3.73. The second-order valence-electron chi connectivity index (χ2n) is 5.15. The fourth-order valence-electron chi connectivity index (χ4n) is 2.72. The predicted molar refractivity (Wildman–Crippen MR) is 84.2 cm³/mol. The molecule has 0 aliphatic carbocycles. The molecule has 5 heteroatoms. The average Bonchev–Trinajstić information content (AvgIpc) is 2.58. The van der Waals surface area contributed by atoms with Crippen LogP contribution in [0.2, 0.25) is 0 Å². The summed E-state index contributed by atoms with van der Waals surface area (Å²) in [4.78, 5) is 13.9. The first-order valence-corrected chi connectivity index (χ1v) is 7.02. The Hall–Kier alpha value is -2.53. The molecule has 1 heterocycles. The molecule has 0 aromatic heterocycles. The van der Waals surface area contributed by atoms with E-state index in [4.69, 9.17) is 15.2 Å². The number of nitrogens with zero attached hydrogens (tertiary/aromatic N) is 1. The first-order chi connectivity index (χ1) is 10.7. The summed E-state index contributed by atoms with van der Waals surface area (Å²) in [5, 5.41) is 0. The summed E-state index contributed by atoms with van der Waals surface area (Å²) < 4.78 is 10.4. The van der Waals surface area contributed by atoms with Crippen molar-refractivity contribution < 1.29 is 14.3 Å². The van der Waals surface area contributed by atoms with Crippen LogP contribution in [0.4, 0.5) is 5.69 Å².